The predicted octanol–water partition coefficient (Wildman–Crippen LogP) is 3.18. The van der Waals surface area contributed by atoms with Gasteiger partial charge in [0.2, 0.25) is 0 Å². The fourth-order valence-corrected chi connectivity index (χ4v) is 3.11. The Kier molecular flexibility index (Phi) is 3.98. The topological polar surface area (TPSA) is 82.8 Å². The molecule has 1 aromatic heterocycles. The normalized spacial score (nSPS) is 13.9. The number of hydrogen-bond donors (Lipinski definition) is 1. The molecule has 2 aromatic rings. The third-order valence-electron chi connectivity index (χ3n) is 3.60. The van der Waals surface area contributed by atoms with E-state index in [2.05, 4.69) is 10.3 Å². The Hall–Kier alpha value is -2.52. The molecule has 5 nitrogen and oxygen atoms in total. The molecule has 0 radical (unpaired) electrons. The average Bonchev–Trinajstić information content (AvgIpc) is 2.90. The van der Waals surface area contributed by atoms with E-state index in [0.717, 1.165) is 41.7 Å². The van der Waals surface area contributed by atoms with Gasteiger partial charge < -0.3 is 0 Å². The highest BCUT2D eigenvalue weighted by atomic mass is 32.1. The Morgan fingerprint density at radius 2 is 2.14 bits per heavy atom. The summed E-state index contributed by atoms with van der Waals surface area (Å²) in [6.07, 6.45) is 4.68. The number of Topliss-reactive ketones (excluding diaryl/α,β-unsaturated/α-hetero) is 1. The highest BCUT2D eigenvalue weighted by molar-refractivity contribution is 7.16. The number of rotatable bonds is 2. The number of thiazole rings is 1. The molecule has 3 rings (SSSR count). The highest BCUT2D eigenvalue weighted by Gasteiger charge is 2.17. The molecule has 0 saturated carbocycles. The maximum atomic E-state index is 12.3. The van der Waals surface area contributed by atoms with Crippen molar-refractivity contribution in [1.82, 2.24) is 4.98 Å². The number of hydrogen-bond acceptors (Lipinski definition) is 5. The van der Waals surface area contributed by atoms with E-state index in [4.69, 9.17) is 5.26 Å². The van der Waals surface area contributed by atoms with Crippen LogP contribution < -0.4 is 5.32 Å². The van der Waals surface area contributed by atoms with Crippen molar-refractivity contribution >= 4 is 28.2 Å². The zero-order chi connectivity index (χ0) is 15.5. The van der Waals surface area contributed by atoms with E-state index in [9.17, 15) is 9.59 Å². The summed E-state index contributed by atoms with van der Waals surface area (Å²) in [7, 11) is 0. The smallest absolute Gasteiger partial charge is 0.257 e. The summed E-state index contributed by atoms with van der Waals surface area (Å²) in [5.74, 6) is -0.128. The molecule has 0 saturated heterocycles. The molecule has 1 aliphatic rings. The van der Waals surface area contributed by atoms with Crippen molar-refractivity contribution in [2.24, 2.45) is 0 Å². The molecule has 0 bridgehead atoms. The van der Waals surface area contributed by atoms with E-state index >= 15 is 0 Å². The zero-order valence-corrected chi connectivity index (χ0v) is 12.6. The number of aromatic nitrogens is 1. The number of fused-ring (bicyclic) bond motifs is 1. The summed E-state index contributed by atoms with van der Waals surface area (Å²) in [6.45, 7) is 0. The van der Waals surface area contributed by atoms with Crippen LogP contribution in [0.15, 0.2) is 24.4 Å². The molecule has 0 spiro atoms. The quantitative estimate of drug-likeness (QED) is 0.863. The summed E-state index contributed by atoms with van der Waals surface area (Å²) in [5, 5.41) is 11.8. The van der Waals surface area contributed by atoms with Gasteiger partial charge in [0, 0.05) is 17.5 Å². The third-order valence-corrected chi connectivity index (χ3v) is 4.42. The first-order chi connectivity index (χ1) is 10.7. The molecule has 1 N–H and O–H groups in total. The number of carbonyl (C=O) groups is 2. The second kappa shape index (κ2) is 6.08. The number of anilines is 1. The Morgan fingerprint density at radius 1 is 1.32 bits per heavy atom. The number of nitrogens with zero attached hydrogens (tertiary/aromatic N) is 2. The van der Waals surface area contributed by atoms with E-state index in [1.807, 2.05) is 6.07 Å². The standard InChI is InChI=1S/C16H13N3O2S/c17-8-12-9-18-16(22-12)19-15(21)11-5-6-13-10(7-11)3-1-2-4-14(13)20/h5-7,9H,1-4H2,(H,18,19,21). The van der Waals surface area contributed by atoms with Crippen LogP contribution in [0.5, 0.6) is 0 Å². The van der Waals surface area contributed by atoms with Crippen molar-refractivity contribution in [3.63, 3.8) is 0 Å². The van der Waals surface area contributed by atoms with Crippen molar-refractivity contribution in [3.05, 3.63) is 46.0 Å². The van der Waals surface area contributed by atoms with Crippen LogP contribution in [0.2, 0.25) is 0 Å². The molecule has 0 fully saturated rings. The first-order valence-corrected chi connectivity index (χ1v) is 7.82. The molecule has 1 aromatic carbocycles. The molecule has 0 unspecified atom stereocenters. The van der Waals surface area contributed by atoms with E-state index in [-0.39, 0.29) is 11.7 Å². The maximum absolute atomic E-state index is 12.3. The molecule has 1 amide bonds. The number of benzene rings is 1. The molecular weight excluding hydrogens is 298 g/mol. The zero-order valence-electron chi connectivity index (χ0n) is 11.8. The van der Waals surface area contributed by atoms with E-state index in [1.165, 1.54) is 6.20 Å². The Balaban J connectivity index is 1.83. The van der Waals surface area contributed by atoms with Crippen LogP contribution in [-0.4, -0.2) is 16.7 Å². The molecule has 1 heterocycles. The SMILES string of the molecule is N#Cc1cnc(NC(=O)c2ccc3c(c2)CCCCC3=O)s1. The van der Waals surface area contributed by atoms with E-state index in [1.54, 1.807) is 18.2 Å². The fourth-order valence-electron chi connectivity index (χ4n) is 2.50. The van der Waals surface area contributed by atoms with Crippen molar-refractivity contribution < 1.29 is 9.59 Å². The van der Waals surface area contributed by atoms with Crippen LogP contribution in [-0.2, 0) is 6.42 Å². The summed E-state index contributed by atoms with van der Waals surface area (Å²) < 4.78 is 0. The highest BCUT2D eigenvalue weighted by Crippen LogP contribution is 2.23. The van der Waals surface area contributed by atoms with Gasteiger partial charge in [-0.3, -0.25) is 14.9 Å². The van der Waals surface area contributed by atoms with Gasteiger partial charge >= 0.3 is 0 Å². The lowest BCUT2D eigenvalue weighted by Crippen LogP contribution is -2.13. The minimum atomic E-state index is -0.279. The Bertz CT molecular complexity index is 789. The number of amides is 1. The summed E-state index contributed by atoms with van der Waals surface area (Å²) >= 11 is 1.13. The van der Waals surface area contributed by atoms with Crippen LogP contribution in [0.1, 0.15) is 50.4 Å². The lowest BCUT2D eigenvalue weighted by molar-refractivity contribution is 0.0979. The van der Waals surface area contributed by atoms with Crippen LogP contribution in [0.3, 0.4) is 0 Å². The molecule has 0 atom stereocenters. The first kappa shape index (κ1) is 14.4. The van der Waals surface area contributed by atoms with Gasteiger partial charge in [-0.05, 0) is 37.0 Å². The Morgan fingerprint density at radius 3 is 2.91 bits per heavy atom. The monoisotopic (exact) mass is 311 g/mol. The summed E-state index contributed by atoms with van der Waals surface area (Å²) in [6, 6.07) is 7.16. The van der Waals surface area contributed by atoms with Gasteiger partial charge in [-0.1, -0.05) is 17.4 Å². The number of nitriles is 1. The first-order valence-electron chi connectivity index (χ1n) is 7.01. The number of aryl methyl sites for hydroxylation is 1. The van der Waals surface area contributed by atoms with Gasteiger partial charge in [0.05, 0.1) is 6.20 Å². The van der Waals surface area contributed by atoms with Crippen molar-refractivity contribution in [2.45, 2.75) is 25.7 Å². The van der Waals surface area contributed by atoms with Gasteiger partial charge in [0.1, 0.15) is 10.9 Å². The summed E-state index contributed by atoms with van der Waals surface area (Å²) in [4.78, 5) is 28.7. The molecule has 110 valence electrons. The lowest BCUT2D eigenvalue weighted by atomic mass is 9.99. The minimum Gasteiger partial charge on any atom is -0.298 e. The van der Waals surface area contributed by atoms with Crippen molar-refractivity contribution in [1.29, 1.82) is 5.26 Å². The second-order valence-electron chi connectivity index (χ2n) is 5.10. The fraction of sp³-hybridized carbons (Fsp3) is 0.250. The largest absolute Gasteiger partial charge is 0.298 e. The molecule has 22 heavy (non-hydrogen) atoms. The maximum Gasteiger partial charge on any atom is 0.257 e. The predicted molar refractivity (Wildman–Crippen MR) is 83.1 cm³/mol. The van der Waals surface area contributed by atoms with Gasteiger partial charge in [-0.25, -0.2) is 4.98 Å². The number of nitrogens with one attached hydrogen (secondary N) is 1. The molecular formula is C16H13N3O2S. The number of ketones is 1. The van der Waals surface area contributed by atoms with Crippen molar-refractivity contribution in [2.75, 3.05) is 5.32 Å². The number of carbonyl (C=O) groups excluding carboxylic acids is 2. The van der Waals surface area contributed by atoms with Gasteiger partial charge in [0.15, 0.2) is 10.9 Å². The van der Waals surface area contributed by atoms with E-state index in [0.29, 0.717) is 22.0 Å². The van der Waals surface area contributed by atoms with Crippen LogP contribution in [0, 0.1) is 11.3 Å². The average molecular weight is 311 g/mol. The Labute approximate surface area is 131 Å². The molecule has 6 heteroatoms. The minimum absolute atomic E-state index is 0.151. The van der Waals surface area contributed by atoms with Crippen LogP contribution in [0.25, 0.3) is 0 Å². The molecule has 0 aliphatic heterocycles. The lowest BCUT2D eigenvalue weighted by Gasteiger charge is -2.07. The van der Waals surface area contributed by atoms with E-state index < -0.39 is 0 Å². The third kappa shape index (κ3) is 2.90. The van der Waals surface area contributed by atoms with Gasteiger partial charge in [-0.15, -0.1) is 0 Å². The van der Waals surface area contributed by atoms with Crippen molar-refractivity contribution in [3.8, 4) is 6.07 Å². The summed E-state index contributed by atoms with van der Waals surface area (Å²) in [5.41, 5.74) is 2.17. The van der Waals surface area contributed by atoms with Gasteiger partial charge in [-0.2, -0.15) is 5.26 Å². The molecule has 1 aliphatic carbocycles. The van der Waals surface area contributed by atoms with Gasteiger partial charge in [0.25, 0.3) is 5.91 Å². The van der Waals surface area contributed by atoms with Crippen LogP contribution in [0.4, 0.5) is 5.13 Å². The second-order valence-corrected chi connectivity index (χ2v) is 6.13. The van der Waals surface area contributed by atoms with Crippen LogP contribution >= 0.6 is 11.3 Å².